The van der Waals surface area contributed by atoms with Gasteiger partial charge in [-0.1, -0.05) is 72.8 Å². The number of amides is 1. The van der Waals surface area contributed by atoms with Gasteiger partial charge in [0.1, 0.15) is 5.69 Å². The molecule has 38 heavy (non-hydrogen) atoms. The molecule has 1 N–H and O–H groups in total. The van der Waals surface area contributed by atoms with Crippen LogP contribution >= 0.6 is 0 Å². The summed E-state index contributed by atoms with van der Waals surface area (Å²) in [5.74, 6) is -1.64. The van der Waals surface area contributed by atoms with Gasteiger partial charge >= 0.3 is 0 Å². The standard InChI is InChI=1S/C30H18N2O6/c33-26(22-8-5-9-23-27(22)29(35)21-7-2-1-6-20(21)28(23)34)17-14-18-12-15-19(16-13-18)30(36)31-24-10-3-4-11-25(24)32(37)38/h1-17H,(H,31,36)/b17-14+. The monoisotopic (exact) mass is 502 g/mol. The molecule has 0 aliphatic heterocycles. The Hall–Kier alpha value is -5.50. The molecule has 4 aromatic rings. The van der Waals surface area contributed by atoms with E-state index in [-0.39, 0.29) is 50.8 Å². The summed E-state index contributed by atoms with van der Waals surface area (Å²) < 4.78 is 0. The van der Waals surface area contributed by atoms with E-state index in [2.05, 4.69) is 5.32 Å². The predicted molar refractivity (Wildman–Crippen MR) is 141 cm³/mol. The number of carbonyl (C=O) groups excluding carboxylic acids is 4. The van der Waals surface area contributed by atoms with Crippen LogP contribution in [0.3, 0.4) is 0 Å². The van der Waals surface area contributed by atoms with Crippen LogP contribution in [0.4, 0.5) is 11.4 Å². The van der Waals surface area contributed by atoms with Crippen molar-refractivity contribution in [2.75, 3.05) is 5.32 Å². The number of rotatable bonds is 6. The summed E-state index contributed by atoms with van der Waals surface area (Å²) in [5, 5.41) is 13.7. The number of nitrogens with zero attached hydrogens (tertiary/aromatic N) is 1. The minimum Gasteiger partial charge on any atom is -0.316 e. The molecule has 8 heteroatoms. The third-order valence-corrected chi connectivity index (χ3v) is 6.17. The van der Waals surface area contributed by atoms with Gasteiger partial charge in [-0.25, -0.2) is 0 Å². The third-order valence-electron chi connectivity index (χ3n) is 6.17. The number of benzene rings is 4. The maximum Gasteiger partial charge on any atom is 0.292 e. The second-order valence-electron chi connectivity index (χ2n) is 8.48. The number of nitro groups is 1. The van der Waals surface area contributed by atoms with Gasteiger partial charge in [-0.15, -0.1) is 0 Å². The molecule has 0 radical (unpaired) electrons. The fraction of sp³-hybridized carbons (Fsp3) is 0. The van der Waals surface area contributed by atoms with Crippen molar-refractivity contribution in [3.63, 3.8) is 0 Å². The molecule has 1 aliphatic rings. The van der Waals surface area contributed by atoms with Crippen LogP contribution in [-0.2, 0) is 0 Å². The highest BCUT2D eigenvalue weighted by Crippen LogP contribution is 2.30. The van der Waals surface area contributed by atoms with Gasteiger partial charge in [-0.2, -0.15) is 0 Å². The Kier molecular flexibility index (Phi) is 6.28. The molecule has 5 rings (SSSR count). The third kappa shape index (κ3) is 4.42. The van der Waals surface area contributed by atoms with Crippen molar-refractivity contribution in [1.29, 1.82) is 0 Å². The van der Waals surface area contributed by atoms with Gasteiger partial charge in [-0.05, 0) is 29.8 Å². The van der Waals surface area contributed by atoms with Crippen molar-refractivity contribution in [3.05, 3.63) is 146 Å². The zero-order valence-corrected chi connectivity index (χ0v) is 19.7. The Labute approximate surface area is 216 Å². The summed E-state index contributed by atoms with van der Waals surface area (Å²) in [7, 11) is 0. The van der Waals surface area contributed by atoms with Crippen molar-refractivity contribution < 1.29 is 24.1 Å². The van der Waals surface area contributed by atoms with Crippen LogP contribution in [0.15, 0.2) is 97.1 Å². The van der Waals surface area contributed by atoms with E-state index in [1.807, 2.05) is 0 Å². The molecule has 1 amide bonds. The number of hydrogen-bond acceptors (Lipinski definition) is 6. The molecule has 0 spiro atoms. The Morgan fingerprint density at radius 1 is 0.737 bits per heavy atom. The quantitative estimate of drug-likeness (QED) is 0.141. The minimum absolute atomic E-state index is 0.0823. The number of nitro benzene ring substituents is 1. The Morgan fingerprint density at radius 2 is 1.37 bits per heavy atom. The lowest BCUT2D eigenvalue weighted by Crippen LogP contribution is -2.23. The number of para-hydroxylation sites is 2. The normalized spacial score (nSPS) is 12.1. The SMILES string of the molecule is O=C(Nc1ccccc1[N+](=O)[O-])c1ccc(/C=C/C(=O)c2cccc3c2C(=O)c2ccccc2C3=O)cc1. The van der Waals surface area contributed by atoms with E-state index in [4.69, 9.17) is 0 Å². The summed E-state index contributed by atoms with van der Waals surface area (Å²) in [5.41, 5.74) is 1.75. The highest BCUT2D eigenvalue weighted by Gasteiger charge is 2.32. The number of allylic oxidation sites excluding steroid dienone is 1. The topological polar surface area (TPSA) is 123 Å². The van der Waals surface area contributed by atoms with Crippen LogP contribution in [0.25, 0.3) is 6.08 Å². The molecule has 0 saturated carbocycles. The van der Waals surface area contributed by atoms with Crippen LogP contribution < -0.4 is 5.32 Å². The minimum atomic E-state index is -0.577. The number of anilines is 1. The van der Waals surface area contributed by atoms with Gasteiger partial charge in [0.25, 0.3) is 11.6 Å². The van der Waals surface area contributed by atoms with E-state index in [1.165, 1.54) is 48.6 Å². The molecule has 0 atom stereocenters. The Balaban J connectivity index is 1.34. The number of carbonyl (C=O) groups is 4. The first-order valence-corrected chi connectivity index (χ1v) is 11.5. The molecule has 184 valence electrons. The molecular weight excluding hydrogens is 484 g/mol. The van der Waals surface area contributed by atoms with Gasteiger partial charge in [0.15, 0.2) is 17.3 Å². The number of nitrogens with one attached hydrogen (secondary N) is 1. The first-order valence-electron chi connectivity index (χ1n) is 11.5. The zero-order valence-electron chi connectivity index (χ0n) is 19.7. The molecular formula is C30H18N2O6. The molecule has 0 fully saturated rings. The first-order chi connectivity index (χ1) is 18.3. The maximum atomic E-state index is 13.1. The maximum absolute atomic E-state index is 13.1. The summed E-state index contributed by atoms with van der Waals surface area (Å²) in [4.78, 5) is 62.3. The molecule has 0 saturated heterocycles. The van der Waals surface area contributed by atoms with E-state index < -0.39 is 16.6 Å². The van der Waals surface area contributed by atoms with E-state index >= 15 is 0 Å². The second-order valence-corrected chi connectivity index (χ2v) is 8.48. The van der Waals surface area contributed by atoms with E-state index in [1.54, 1.807) is 54.6 Å². The number of ketones is 3. The van der Waals surface area contributed by atoms with Gasteiger partial charge in [0, 0.05) is 39.4 Å². The van der Waals surface area contributed by atoms with Crippen LogP contribution in [0, 0.1) is 10.1 Å². The Morgan fingerprint density at radius 3 is 2.08 bits per heavy atom. The summed E-state index contributed by atoms with van der Waals surface area (Å²) in [6, 6.07) is 23.3. The first kappa shape index (κ1) is 24.2. The van der Waals surface area contributed by atoms with Crippen molar-refractivity contribution in [1.82, 2.24) is 0 Å². The highest BCUT2D eigenvalue weighted by molar-refractivity contribution is 6.31. The largest absolute Gasteiger partial charge is 0.316 e. The second kappa shape index (κ2) is 9.87. The summed E-state index contributed by atoms with van der Waals surface area (Å²) >= 11 is 0. The number of fused-ring (bicyclic) bond motifs is 2. The Bertz CT molecular complexity index is 1690. The van der Waals surface area contributed by atoms with E-state index in [0.717, 1.165) is 0 Å². The van der Waals surface area contributed by atoms with Crippen molar-refractivity contribution in [3.8, 4) is 0 Å². The van der Waals surface area contributed by atoms with Crippen LogP contribution in [0.5, 0.6) is 0 Å². The molecule has 8 nitrogen and oxygen atoms in total. The van der Waals surface area contributed by atoms with E-state index in [0.29, 0.717) is 11.1 Å². The van der Waals surface area contributed by atoms with Gasteiger partial charge < -0.3 is 5.32 Å². The van der Waals surface area contributed by atoms with Crippen LogP contribution in [-0.4, -0.2) is 28.2 Å². The molecule has 4 aromatic carbocycles. The van der Waals surface area contributed by atoms with Crippen LogP contribution in [0.2, 0.25) is 0 Å². The highest BCUT2D eigenvalue weighted by atomic mass is 16.6. The lowest BCUT2D eigenvalue weighted by molar-refractivity contribution is -0.383. The average molecular weight is 502 g/mol. The van der Waals surface area contributed by atoms with Gasteiger partial charge in [0.2, 0.25) is 0 Å². The number of hydrogen-bond donors (Lipinski definition) is 1. The fourth-order valence-electron chi connectivity index (χ4n) is 4.29. The lowest BCUT2D eigenvalue weighted by atomic mass is 9.81. The van der Waals surface area contributed by atoms with Crippen LogP contribution in [0.1, 0.15) is 58.1 Å². The van der Waals surface area contributed by atoms with E-state index in [9.17, 15) is 29.3 Å². The molecule has 0 heterocycles. The van der Waals surface area contributed by atoms with Crippen molar-refractivity contribution in [2.45, 2.75) is 0 Å². The van der Waals surface area contributed by atoms with Crippen molar-refractivity contribution >= 4 is 40.7 Å². The lowest BCUT2D eigenvalue weighted by Gasteiger charge is -2.19. The molecule has 0 unspecified atom stereocenters. The van der Waals surface area contributed by atoms with Gasteiger partial charge in [0.05, 0.1) is 4.92 Å². The molecule has 0 aromatic heterocycles. The smallest absolute Gasteiger partial charge is 0.292 e. The average Bonchev–Trinajstić information content (AvgIpc) is 2.94. The van der Waals surface area contributed by atoms with Crippen molar-refractivity contribution in [2.24, 2.45) is 0 Å². The van der Waals surface area contributed by atoms with Gasteiger partial charge in [-0.3, -0.25) is 29.3 Å². The zero-order chi connectivity index (χ0) is 26.8. The summed E-state index contributed by atoms with van der Waals surface area (Å²) in [6.07, 6.45) is 2.84. The summed E-state index contributed by atoms with van der Waals surface area (Å²) in [6.45, 7) is 0. The molecule has 1 aliphatic carbocycles. The predicted octanol–water partition coefficient (Wildman–Crippen LogP) is 5.52. The fourth-order valence-corrected chi connectivity index (χ4v) is 4.29. The molecule has 0 bridgehead atoms.